The molecule has 0 radical (unpaired) electrons. The van der Waals surface area contributed by atoms with Gasteiger partial charge in [0.05, 0.1) is 0 Å². The van der Waals surface area contributed by atoms with Crippen molar-refractivity contribution in [2.45, 2.75) is 6.92 Å². The average molecular weight is 300 g/mol. The van der Waals surface area contributed by atoms with Gasteiger partial charge in [-0.1, -0.05) is 29.8 Å². The highest BCUT2D eigenvalue weighted by molar-refractivity contribution is 14.1. The molecule has 2 rings (SSSR count). The van der Waals surface area contributed by atoms with Crippen molar-refractivity contribution in [3.63, 3.8) is 0 Å². The Morgan fingerprint density at radius 1 is 1.29 bits per heavy atom. The molecule has 0 fully saturated rings. The summed E-state index contributed by atoms with van der Waals surface area (Å²) >= 11 is 2.04. The minimum atomic E-state index is -0.207. The minimum absolute atomic E-state index is 0.207. The summed E-state index contributed by atoms with van der Waals surface area (Å²) in [4.78, 5) is 11.1. The molecule has 0 aliphatic carbocycles. The number of cyclic esters (lactones) is 1. The number of ether oxygens (including phenoxy) is 1. The maximum absolute atomic E-state index is 11.1. The summed E-state index contributed by atoms with van der Waals surface area (Å²) < 4.78 is 5.64. The van der Waals surface area contributed by atoms with Crippen molar-refractivity contribution in [3.8, 4) is 0 Å². The highest BCUT2D eigenvalue weighted by atomic mass is 127. The van der Waals surface area contributed by atoms with Gasteiger partial charge >= 0.3 is 5.97 Å². The Labute approximate surface area is 96.1 Å². The van der Waals surface area contributed by atoms with E-state index in [1.165, 1.54) is 5.56 Å². The fraction of sp³-hybridized carbons (Fsp3) is 0.182. The first kappa shape index (κ1) is 9.71. The van der Waals surface area contributed by atoms with E-state index in [2.05, 4.69) is 0 Å². The van der Waals surface area contributed by atoms with Gasteiger partial charge < -0.3 is 4.74 Å². The maximum atomic E-state index is 11.1. The molecule has 0 atom stereocenters. The molecule has 14 heavy (non-hydrogen) atoms. The van der Waals surface area contributed by atoms with Crippen LogP contribution in [-0.4, -0.2) is 12.6 Å². The van der Waals surface area contributed by atoms with Crippen molar-refractivity contribution in [3.05, 3.63) is 39.0 Å². The van der Waals surface area contributed by atoms with E-state index in [0.29, 0.717) is 10.2 Å². The van der Waals surface area contributed by atoms with Crippen molar-refractivity contribution < 1.29 is 9.53 Å². The highest BCUT2D eigenvalue weighted by Crippen LogP contribution is 2.29. The van der Waals surface area contributed by atoms with Crippen molar-refractivity contribution in [1.82, 2.24) is 0 Å². The molecule has 1 aromatic carbocycles. The van der Waals surface area contributed by atoms with Crippen LogP contribution in [0.25, 0.3) is 5.57 Å². The largest absolute Gasteiger partial charge is 0.457 e. The molecule has 1 aliphatic heterocycles. The maximum Gasteiger partial charge on any atom is 0.345 e. The van der Waals surface area contributed by atoms with E-state index >= 15 is 0 Å². The normalized spacial score (nSPS) is 16.0. The molecule has 0 amide bonds. The van der Waals surface area contributed by atoms with E-state index < -0.39 is 0 Å². The predicted octanol–water partition coefficient (Wildman–Crippen LogP) is 2.70. The van der Waals surface area contributed by atoms with Crippen LogP contribution in [0.5, 0.6) is 0 Å². The first-order chi connectivity index (χ1) is 6.68. The average Bonchev–Trinajstić information content (AvgIpc) is 2.50. The lowest BCUT2D eigenvalue weighted by Crippen LogP contribution is -1.93. The fourth-order valence-electron chi connectivity index (χ4n) is 1.35. The van der Waals surface area contributed by atoms with Gasteiger partial charge in [-0.3, -0.25) is 0 Å². The molecule has 72 valence electrons. The zero-order chi connectivity index (χ0) is 10.1. The summed E-state index contributed by atoms with van der Waals surface area (Å²) in [7, 11) is 0. The summed E-state index contributed by atoms with van der Waals surface area (Å²) in [6.45, 7) is 2.44. The van der Waals surface area contributed by atoms with Gasteiger partial charge in [0.15, 0.2) is 0 Å². The second-order valence-electron chi connectivity index (χ2n) is 3.23. The summed E-state index contributed by atoms with van der Waals surface area (Å²) in [6, 6.07) is 8.11. The van der Waals surface area contributed by atoms with Gasteiger partial charge in [0.1, 0.15) is 10.2 Å². The standard InChI is InChI=1S/C11H9IO2/c1-7-2-4-8(5-3-7)9-6-14-11(13)10(9)12/h2-5H,6H2,1H3. The first-order valence-corrected chi connectivity index (χ1v) is 5.39. The lowest BCUT2D eigenvalue weighted by molar-refractivity contribution is -0.134. The smallest absolute Gasteiger partial charge is 0.345 e. The van der Waals surface area contributed by atoms with Crippen molar-refractivity contribution in [1.29, 1.82) is 0 Å². The fourth-order valence-corrected chi connectivity index (χ4v) is 1.98. The van der Waals surface area contributed by atoms with Gasteiger partial charge in [-0.2, -0.15) is 0 Å². The van der Waals surface area contributed by atoms with Gasteiger partial charge in [0.25, 0.3) is 0 Å². The van der Waals surface area contributed by atoms with Gasteiger partial charge in [-0.05, 0) is 35.1 Å². The molecular formula is C11H9IO2. The van der Waals surface area contributed by atoms with Gasteiger partial charge in [-0.15, -0.1) is 0 Å². The van der Waals surface area contributed by atoms with Crippen LogP contribution in [-0.2, 0) is 9.53 Å². The van der Waals surface area contributed by atoms with Crippen LogP contribution in [0.2, 0.25) is 0 Å². The minimum Gasteiger partial charge on any atom is -0.457 e. The number of aryl methyl sites for hydroxylation is 1. The van der Waals surface area contributed by atoms with E-state index in [-0.39, 0.29) is 5.97 Å². The second-order valence-corrected chi connectivity index (χ2v) is 4.31. The van der Waals surface area contributed by atoms with E-state index in [1.54, 1.807) is 0 Å². The predicted molar refractivity (Wildman–Crippen MR) is 63.1 cm³/mol. The molecule has 0 spiro atoms. The number of esters is 1. The van der Waals surface area contributed by atoms with Gasteiger partial charge in [0.2, 0.25) is 0 Å². The summed E-state index contributed by atoms with van der Waals surface area (Å²) in [5, 5.41) is 0. The van der Waals surface area contributed by atoms with Crippen molar-refractivity contribution in [2.24, 2.45) is 0 Å². The lowest BCUT2D eigenvalue weighted by atomic mass is 10.1. The van der Waals surface area contributed by atoms with Gasteiger partial charge in [-0.25, -0.2) is 4.79 Å². The molecule has 0 saturated carbocycles. The summed E-state index contributed by atoms with van der Waals surface area (Å²) in [5.74, 6) is -0.207. The van der Waals surface area contributed by atoms with E-state index in [4.69, 9.17) is 4.74 Å². The third-order valence-corrected chi connectivity index (χ3v) is 3.28. The third kappa shape index (κ3) is 1.68. The van der Waals surface area contributed by atoms with Crippen molar-refractivity contribution in [2.75, 3.05) is 6.61 Å². The number of hydrogen-bond acceptors (Lipinski definition) is 2. The van der Waals surface area contributed by atoms with Crippen LogP contribution in [0.15, 0.2) is 27.8 Å². The SMILES string of the molecule is Cc1ccc(C2=C(I)C(=O)OC2)cc1. The molecule has 0 unspecified atom stereocenters. The number of halogens is 1. The monoisotopic (exact) mass is 300 g/mol. The first-order valence-electron chi connectivity index (χ1n) is 4.31. The quantitative estimate of drug-likeness (QED) is 0.589. The molecular weight excluding hydrogens is 291 g/mol. The van der Waals surface area contributed by atoms with Crippen LogP contribution in [0.1, 0.15) is 11.1 Å². The summed E-state index contributed by atoms with van der Waals surface area (Å²) in [5.41, 5.74) is 3.29. The Hall–Kier alpha value is -0.840. The third-order valence-electron chi connectivity index (χ3n) is 2.19. The molecule has 1 heterocycles. The van der Waals surface area contributed by atoms with E-state index in [9.17, 15) is 4.79 Å². The van der Waals surface area contributed by atoms with E-state index in [0.717, 1.165) is 11.1 Å². The van der Waals surface area contributed by atoms with Gasteiger partial charge in [0, 0.05) is 5.57 Å². The van der Waals surface area contributed by atoms with Crippen molar-refractivity contribution >= 4 is 34.1 Å². The highest BCUT2D eigenvalue weighted by Gasteiger charge is 2.23. The van der Waals surface area contributed by atoms with Crippen LogP contribution in [0, 0.1) is 6.92 Å². The molecule has 1 aromatic rings. The number of carbonyl (C=O) groups excluding carboxylic acids is 1. The number of rotatable bonds is 1. The molecule has 0 bridgehead atoms. The van der Waals surface area contributed by atoms with Crippen LogP contribution < -0.4 is 0 Å². The molecule has 1 aliphatic rings. The number of carbonyl (C=O) groups is 1. The number of benzene rings is 1. The Morgan fingerprint density at radius 3 is 2.43 bits per heavy atom. The summed E-state index contributed by atoms with van der Waals surface area (Å²) in [6.07, 6.45) is 0. The zero-order valence-corrected chi connectivity index (χ0v) is 9.87. The Balaban J connectivity index is 2.41. The Morgan fingerprint density at radius 2 is 1.93 bits per heavy atom. The molecule has 3 heteroatoms. The molecule has 0 aromatic heterocycles. The molecule has 0 N–H and O–H groups in total. The van der Waals surface area contributed by atoms with Crippen LogP contribution >= 0.6 is 22.6 Å². The molecule has 2 nitrogen and oxygen atoms in total. The topological polar surface area (TPSA) is 26.3 Å². The lowest BCUT2D eigenvalue weighted by Gasteiger charge is -2.01. The van der Waals surface area contributed by atoms with E-state index in [1.807, 2.05) is 53.8 Å². The zero-order valence-electron chi connectivity index (χ0n) is 7.71. The number of hydrogen-bond donors (Lipinski definition) is 0. The molecule has 0 saturated heterocycles. The Bertz CT molecular complexity index is 404. The van der Waals surface area contributed by atoms with Crippen LogP contribution in [0.3, 0.4) is 0 Å². The second kappa shape index (κ2) is 3.73. The van der Waals surface area contributed by atoms with Crippen LogP contribution in [0.4, 0.5) is 0 Å². The Kier molecular flexibility index (Phi) is 2.58.